The fraction of sp³-hybridized carbons (Fsp3) is 0.278. The van der Waals surface area contributed by atoms with Gasteiger partial charge in [-0.2, -0.15) is 0 Å². The van der Waals surface area contributed by atoms with Crippen LogP contribution in [0.25, 0.3) is 0 Å². The summed E-state index contributed by atoms with van der Waals surface area (Å²) in [6.45, 7) is 3.41. The van der Waals surface area contributed by atoms with Crippen molar-refractivity contribution in [3.63, 3.8) is 0 Å². The molecule has 122 valence electrons. The zero-order chi connectivity index (χ0) is 16.8. The van der Waals surface area contributed by atoms with E-state index in [4.69, 9.17) is 9.47 Å². The van der Waals surface area contributed by atoms with E-state index in [-0.39, 0.29) is 5.91 Å². The molecule has 0 spiro atoms. The average Bonchev–Trinajstić information content (AvgIpc) is 2.54. The number of nitrogens with one attached hydrogen (secondary N) is 1. The van der Waals surface area contributed by atoms with Crippen LogP contribution in [0.5, 0.6) is 17.2 Å². The van der Waals surface area contributed by atoms with E-state index in [0.717, 1.165) is 0 Å². The molecule has 2 rings (SSSR count). The molecule has 0 fully saturated rings. The topological polar surface area (TPSA) is 67.8 Å². The normalized spacial score (nSPS) is 13.0. The van der Waals surface area contributed by atoms with Gasteiger partial charge >= 0.3 is 0 Å². The van der Waals surface area contributed by atoms with Crippen molar-refractivity contribution in [2.24, 2.45) is 0 Å². The summed E-state index contributed by atoms with van der Waals surface area (Å²) >= 11 is 0. The Hall–Kier alpha value is -2.53. The Kier molecular flexibility index (Phi) is 5.60. The largest absolute Gasteiger partial charge is 0.488 e. The third-order valence-corrected chi connectivity index (χ3v) is 3.35. The van der Waals surface area contributed by atoms with Gasteiger partial charge in [-0.05, 0) is 38.1 Å². The third-order valence-electron chi connectivity index (χ3n) is 3.35. The first-order chi connectivity index (χ1) is 11.0. The van der Waals surface area contributed by atoms with Crippen LogP contribution in [-0.4, -0.2) is 30.3 Å². The SMILES string of the molecule is CNC(=O)c1cc(Oc2ccccc2)cc(O[C@@H](C)[C@H](C)O)c1. The molecule has 5 nitrogen and oxygen atoms in total. The maximum Gasteiger partial charge on any atom is 0.251 e. The molecule has 0 unspecified atom stereocenters. The Bertz CT molecular complexity index is 655. The highest BCUT2D eigenvalue weighted by Gasteiger charge is 2.14. The number of benzene rings is 2. The molecule has 0 aliphatic carbocycles. The van der Waals surface area contributed by atoms with Crippen LogP contribution in [0.2, 0.25) is 0 Å². The van der Waals surface area contributed by atoms with E-state index < -0.39 is 12.2 Å². The molecular formula is C18H21NO4. The van der Waals surface area contributed by atoms with E-state index in [1.165, 1.54) is 0 Å². The number of hydrogen-bond acceptors (Lipinski definition) is 4. The molecule has 2 aromatic rings. The summed E-state index contributed by atoms with van der Waals surface area (Å²) in [5, 5.41) is 12.2. The number of aliphatic hydroxyl groups excluding tert-OH is 1. The summed E-state index contributed by atoms with van der Waals surface area (Å²) in [6.07, 6.45) is -1.03. The van der Waals surface area contributed by atoms with Gasteiger partial charge in [0.15, 0.2) is 0 Å². The minimum absolute atomic E-state index is 0.238. The van der Waals surface area contributed by atoms with Crippen LogP contribution in [-0.2, 0) is 0 Å². The summed E-state index contributed by atoms with van der Waals surface area (Å²) in [5.41, 5.74) is 0.425. The third kappa shape index (κ3) is 4.72. The second-order valence-electron chi connectivity index (χ2n) is 5.25. The van der Waals surface area contributed by atoms with Crippen molar-refractivity contribution >= 4 is 5.91 Å². The Morgan fingerprint density at radius 3 is 2.30 bits per heavy atom. The molecule has 23 heavy (non-hydrogen) atoms. The van der Waals surface area contributed by atoms with Crippen molar-refractivity contribution in [2.45, 2.75) is 26.1 Å². The predicted octanol–water partition coefficient (Wildman–Crippen LogP) is 2.99. The number of para-hydroxylation sites is 1. The van der Waals surface area contributed by atoms with Crippen LogP contribution in [0.4, 0.5) is 0 Å². The van der Waals surface area contributed by atoms with Crippen molar-refractivity contribution < 1.29 is 19.4 Å². The maximum absolute atomic E-state index is 11.9. The van der Waals surface area contributed by atoms with E-state index in [1.807, 2.05) is 30.3 Å². The fourth-order valence-electron chi connectivity index (χ4n) is 1.91. The Labute approximate surface area is 135 Å². The lowest BCUT2D eigenvalue weighted by Crippen LogP contribution is -2.26. The first kappa shape index (κ1) is 16.8. The average molecular weight is 315 g/mol. The predicted molar refractivity (Wildman–Crippen MR) is 88.1 cm³/mol. The summed E-state index contributed by atoms with van der Waals surface area (Å²) in [5.74, 6) is 1.38. The molecule has 5 heteroatoms. The number of hydrogen-bond donors (Lipinski definition) is 2. The summed E-state index contributed by atoms with van der Waals surface area (Å²) in [4.78, 5) is 11.9. The summed E-state index contributed by atoms with van der Waals surface area (Å²) < 4.78 is 11.5. The minimum atomic E-state index is -0.628. The molecule has 1 amide bonds. The van der Waals surface area contributed by atoms with Gasteiger partial charge in [0, 0.05) is 18.7 Å². The maximum atomic E-state index is 11.9. The van der Waals surface area contributed by atoms with Gasteiger partial charge in [-0.1, -0.05) is 18.2 Å². The van der Waals surface area contributed by atoms with Gasteiger partial charge in [0.1, 0.15) is 23.4 Å². The first-order valence-corrected chi connectivity index (χ1v) is 7.44. The standard InChI is InChI=1S/C18H21NO4/c1-12(20)13(2)22-16-9-14(18(21)19-3)10-17(11-16)23-15-7-5-4-6-8-15/h4-13,20H,1-3H3,(H,19,21)/t12-,13-/m0/s1. The number of aliphatic hydroxyl groups is 1. The molecule has 0 bridgehead atoms. The van der Waals surface area contributed by atoms with E-state index >= 15 is 0 Å². The molecule has 0 saturated carbocycles. The van der Waals surface area contributed by atoms with Crippen molar-refractivity contribution in [3.8, 4) is 17.2 Å². The second kappa shape index (κ2) is 7.65. The van der Waals surface area contributed by atoms with Gasteiger partial charge in [-0.3, -0.25) is 4.79 Å². The lowest BCUT2D eigenvalue weighted by molar-refractivity contribution is 0.0602. The number of rotatable bonds is 6. The molecule has 0 heterocycles. The monoisotopic (exact) mass is 315 g/mol. The zero-order valence-corrected chi connectivity index (χ0v) is 13.4. The van der Waals surface area contributed by atoms with E-state index in [9.17, 15) is 9.90 Å². The molecule has 2 N–H and O–H groups in total. The quantitative estimate of drug-likeness (QED) is 0.860. The van der Waals surface area contributed by atoms with Crippen LogP contribution >= 0.6 is 0 Å². The van der Waals surface area contributed by atoms with Crippen LogP contribution in [0.15, 0.2) is 48.5 Å². The van der Waals surface area contributed by atoms with E-state index in [0.29, 0.717) is 22.8 Å². The highest BCUT2D eigenvalue weighted by atomic mass is 16.5. The molecule has 2 atom stereocenters. The van der Waals surface area contributed by atoms with Crippen LogP contribution < -0.4 is 14.8 Å². The van der Waals surface area contributed by atoms with Gasteiger partial charge in [0.05, 0.1) is 6.10 Å². The molecule has 0 aliphatic heterocycles. The highest BCUT2D eigenvalue weighted by molar-refractivity contribution is 5.94. The van der Waals surface area contributed by atoms with Gasteiger partial charge < -0.3 is 19.9 Å². The van der Waals surface area contributed by atoms with E-state index in [1.54, 1.807) is 39.1 Å². The van der Waals surface area contributed by atoms with Crippen molar-refractivity contribution in [2.75, 3.05) is 7.05 Å². The second-order valence-corrected chi connectivity index (χ2v) is 5.25. The van der Waals surface area contributed by atoms with Crippen LogP contribution in [0, 0.1) is 0 Å². The fourth-order valence-corrected chi connectivity index (χ4v) is 1.91. The van der Waals surface area contributed by atoms with E-state index in [2.05, 4.69) is 5.32 Å². The molecule has 0 saturated heterocycles. The van der Waals surface area contributed by atoms with Crippen molar-refractivity contribution in [3.05, 3.63) is 54.1 Å². The Morgan fingerprint density at radius 2 is 1.70 bits per heavy atom. The minimum Gasteiger partial charge on any atom is -0.488 e. The highest BCUT2D eigenvalue weighted by Crippen LogP contribution is 2.28. The van der Waals surface area contributed by atoms with Crippen molar-refractivity contribution in [1.29, 1.82) is 0 Å². The van der Waals surface area contributed by atoms with Crippen LogP contribution in [0.3, 0.4) is 0 Å². The zero-order valence-electron chi connectivity index (χ0n) is 13.4. The molecule has 0 radical (unpaired) electrons. The van der Waals surface area contributed by atoms with Crippen LogP contribution in [0.1, 0.15) is 24.2 Å². The molecular weight excluding hydrogens is 294 g/mol. The summed E-state index contributed by atoms with van der Waals surface area (Å²) in [6, 6.07) is 14.2. The van der Waals surface area contributed by atoms with Crippen molar-refractivity contribution in [1.82, 2.24) is 5.32 Å². The number of carbonyl (C=O) groups excluding carboxylic acids is 1. The Morgan fingerprint density at radius 1 is 1.04 bits per heavy atom. The molecule has 0 aromatic heterocycles. The van der Waals surface area contributed by atoms with Gasteiger partial charge in [0.2, 0.25) is 0 Å². The number of carbonyl (C=O) groups is 1. The van der Waals surface area contributed by atoms with Gasteiger partial charge in [-0.25, -0.2) is 0 Å². The molecule has 2 aromatic carbocycles. The first-order valence-electron chi connectivity index (χ1n) is 7.44. The summed E-state index contributed by atoms with van der Waals surface area (Å²) in [7, 11) is 1.56. The van der Waals surface area contributed by atoms with Gasteiger partial charge in [-0.15, -0.1) is 0 Å². The Balaban J connectivity index is 2.31. The lowest BCUT2D eigenvalue weighted by atomic mass is 10.1. The number of ether oxygens (including phenoxy) is 2. The smallest absolute Gasteiger partial charge is 0.251 e. The van der Waals surface area contributed by atoms with Gasteiger partial charge in [0.25, 0.3) is 5.91 Å². The number of amides is 1. The molecule has 0 aliphatic rings. The lowest BCUT2D eigenvalue weighted by Gasteiger charge is -2.18.